The number of amides is 1. The Hall–Kier alpha value is -1.01. The maximum atomic E-state index is 11.3. The van der Waals surface area contributed by atoms with Crippen LogP contribution >= 0.6 is 11.5 Å². The van der Waals surface area contributed by atoms with E-state index in [1.165, 1.54) is 6.20 Å². The van der Waals surface area contributed by atoms with Crippen molar-refractivity contribution in [1.82, 2.24) is 14.9 Å². The molecule has 0 bridgehead atoms. The Morgan fingerprint density at radius 1 is 1.83 bits per heavy atom. The Balaban J connectivity index is 1.93. The summed E-state index contributed by atoms with van der Waals surface area (Å²) in [6.45, 7) is 0. The molecule has 2 atom stereocenters. The maximum absolute atomic E-state index is 11.3. The van der Waals surface area contributed by atoms with Gasteiger partial charge in [0.2, 0.25) is 0 Å². The van der Waals surface area contributed by atoms with Gasteiger partial charge in [0.05, 0.1) is 6.20 Å². The van der Waals surface area contributed by atoms with Crippen LogP contribution in [-0.4, -0.2) is 27.6 Å². The van der Waals surface area contributed by atoms with Crippen molar-refractivity contribution in [2.45, 2.75) is 18.5 Å². The number of rotatable bonds is 2. The van der Waals surface area contributed by atoms with Gasteiger partial charge in [0, 0.05) is 12.1 Å². The van der Waals surface area contributed by atoms with E-state index >= 15 is 0 Å². The summed E-state index contributed by atoms with van der Waals surface area (Å²) in [5.41, 5.74) is 5.53. The topological polar surface area (TPSA) is 80.9 Å². The molecule has 2 unspecified atom stereocenters. The number of carbonyl (C=O) groups is 1. The first-order valence-electron chi connectivity index (χ1n) is 3.61. The van der Waals surface area contributed by atoms with Crippen LogP contribution in [-0.2, 0) is 0 Å². The molecule has 1 heterocycles. The summed E-state index contributed by atoms with van der Waals surface area (Å²) in [7, 11) is 0. The molecular formula is C6H8N4OS. The second kappa shape index (κ2) is 2.80. The predicted octanol–water partition coefficient (Wildman–Crippen LogP) is -0.633. The summed E-state index contributed by atoms with van der Waals surface area (Å²) in [4.78, 5) is 11.8. The molecule has 1 aliphatic carbocycles. The van der Waals surface area contributed by atoms with Gasteiger partial charge >= 0.3 is 0 Å². The van der Waals surface area contributed by atoms with E-state index < -0.39 is 0 Å². The van der Waals surface area contributed by atoms with Crippen molar-refractivity contribution >= 4 is 17.4 Å². The van der Waals surface area contributed by atoms with Gasteiger partial charge < -0.3 is 11.1 Å². The first-order valence-corrected chi connectivity index (χ1v) is 4.38. The smallest absolute Gasteiger partial charge is 0.264 e. The Labute approximate surface area is 73.1 Å². The molecule has 6 heteroatoms. The second-order valence-corrected chi connectivity index (χ2v) is 3.55. The average Bonchev–Trinajstić information content (AvgIpc) is 2.58. The van der Waals surface area contributed by atoms with Crippen molar-refractivity contribution in [1.29, 1.82) is 0 Å². The Bertz CT molecular complexity index is 286. The monoisotopic (exact) mass is 184 g/mol. The lowest BCUT2D eigenvalue weighted by atomic mass is 10.5. The van der Waals surface area contributed by atoms with E-state index in [1.54, 1.807) is 0 Å². The standard InChI is InChI=1S/C6H8N4OS/c7-3-1-4(3)9-6(11)5-2-8-10-12-5/h2-4H,1,7H2,(H,9,11). The third kappa shape index (κ3) is 1.44. The molecular weight excluding hydrogens is 176 g/mol. The van der Waals surface area contributed by atoms with Crippen LogP contribution in [0, 0.1) is 0 Å². The van der Waals surface area contributed by atoms with Crippen molar-refractivity contribution in [3.63, 3.8) is 0 Å². The molecule has 1 aromatic heterocycles. The van der Waals surface area contributed by atoms with Crippen LogP contribution in [0.25, 0.3) is 0 Å². The highest BCUT2D eigenvalue weighted by Crippen LogP contribution is 2.18. The van der Waals surface area contributed by atoms with Gasteiger partial charge in [-0.15, -0.1) is 5.10 Å². The molecule has 5 nitrogen and oxygen atoms in total. The van der Waals surface area contributed by atoms with Crippen molar-refractivity contribution < 1.29 is 4.79 Å². The minimum atomic E-state index is -0.122. The normalized spacial score (nSPS) is 26.8. The minimum absolute atomic E-state index is 0.122. The fourth-order valence-electron chi connectivity index (χ4n) is 0.887. The molecule has 2 rings (SSSR count). The lowest BCUT2D eigenvalue weighted by Gasteiger charge is -1.98. The predicted molar refractivity (Wildman–Crippen MR) is 43.8 cm³/mol. The molecule has 1 fully saturated rings. The Morgan fingerprint density at radius 2 is 2.58 bits per heavy atom. The molecule has 12 heavy (non-hydrogen) atoms. The summed E-state index contributed by atoms with van der Waals surface area (Å²) >= 11 is 1.09. The first kappa shape index (κ1) is 7.63. The van der Waals surface area contributed by atoms with Crippen LogP contribution in [0.5, 0.6) is 0 Å². The molecule has 1 amide bonds. The molecule has 0 radical (unpaired) electrons. The Kier molecular flexibility index (Phi) is 1.78. The van der Waals surface area contributed by atoms with Crippen LogP contribution in [0.1, 0.15) is 16.1 Å². The van der Waals surface area contributed by atoms with Crippen molar-refractivity contribution in [3.8, 4) is 0 Å². The summed E-state index contributed by atoms with van der Waals surface area (Å²) < 4.78 is 3.59. The van der Waals surface area contributed by atoms with Gasteiger partial charge in [-0.3, -0.25) is 4.79 Å². The molecule has 0 spiro atoms. The number of nitrogens with zero attached hydrogens (tertiary/aromatic N) is 2. The van der Waals surface area contributed by atoms with Crippen LogP contribution in [0.4, 0.5) is 0 Å². The number of nitrogens with two attached hydrogens (primary N) is 1. The number of hydrogen-bond acceptors (Lipinski definition) is 5. The largest absolute Gasteiger partial charge is 0.347 e. The number of hydrogen-bond donors (Lipinski definition) is 2. The van der Waals surface area contributed by atoms with Gasteiger partial charge in [-0.1, -0.05) is 4.49 Å². The van der Waals surface area contributed by atoms with E-state index in [9.17, 15) is 4.79 Å². The zero-order valence-electron chi connectivity index (χ0n) is 6.23. The van der Waals surface area contributed by atoms with E-state index in [2.05, 4.69) is 14.9 Å². The average molecular weight is 184 g/mol. The lowest BCUT2D eigenvalue weighted by Crippen LogP contribution is -2.28. The Morgan fingerprint density at radius 3 is 3.08 bits per heavy atom. The molecule has 1 saturated carbocycles. The zero-order chi connectivity index (χ0) is 8.55. The highest BCUT2D eigenvalue weighted by Gasteiger charge is 2.35. The van der Waals surface area contributed by atoms with E-state index in [0.717, 1.165) is 18.0 Å². The molecule has 1 aromatic rings. The van der Waals surface area contributed by atoms with Crippen LogP contribution in [0.3, 0.4) is 0 Å². The molecule has 0 saturated heterocycles. The fraction of sp³-hybridized carbons (Fsp3) is 0.500. The maximum Gasteiger partial charge on any atom is 0.264 e. The van der Waals surface area contributed by atoms with Crippen molar-refractivity contribution in [3.05, 3.63) is 11.1 Å². The molecule has 0 aliphatic heterocycles. The van der Waals surface area contributed by atoms with Crippen LogP contribution in [0.2, 0.25) is 0 Å². The highest BCUT2D eigenvalue weighted by atomic mass is 32.1. The first-order chi connectivity index (χ1) is 5.77. The van der Waals surface area contributed by atoms with Gasteiger partial charge in [0.15, 0.2) is 0 Å². The van der Waals surface area contributed by atoms with Gasteiger partial charge in [0.1, 0.15) is 4.88 Å². The van der Waals surface area contributed by atoms with E-state index in [4.69, 9.17) is 5.73 Å². The summed E-state index contributed by atoms with van der Waals surface area (Å²) in [5, 5.41) is 6.34. The molecule has 3 N–H and O–H groups in total. The lowest BCUT2D eigenvalue weighted by molar-refractivity contribution is 0.0954. The van der Waals surface area contributed by atoms with Gasteiger partial charge in [-0.25, -0.2) is 0 Å². The van der Waals surface area contributed by atoms with E-state index in [-0.39, 0.29) is 18.0 Å². The summed E-state index contributed by atoms with van der Waals surface area (Å²) in [6.07, 6.45) is 2.33. The fourth-order valence-corrected chi connectivity index (χ4v) is 1.31. The molecule has 1 aliphatic rings. The van der Waals surface area contributed by atoms with Crippen molar-refractivity contribution in [2.75, 3.05) is 0 Å². The quantitative estimate of drug-likeness (QED) is 0.641. The van der Waals surface area contributed by atoms with Gasteiger partial charge in [-0.2, -0.15) is 0 Å². The number of aromatic nitrogens is 2. The van der Waals surface area contributed by atoms with Crippen LogP contribution < -0.4 is 11.1 Å². The third-order valence-electron chi connectivity index (χ3n) is 1.74. The van der Waals surface area contributed by atoms with Gasteiger partial charge in [0.25, 0.3) is 5.91 Å². The highest BCUT2D eigenvalue weighted by molar-refractivity contribution is 7.07. The number of nitrogens with one attached hydrogen (secondary N) is 1. The number of carbonyl (C=O) groups excluding carboxylic acids is 1. The van der Waals surface area contributed by atoms with Gasteiger partial charge in [-0.05, 0) is 18.0 Å². The SMILES string of the molecule is NC1CC1NC(=O)c1cnns1. The molecule has 0 aromatic carbocycles. The second-order valence-electron chi connectivity index (χ2n) is 2.76. The minimum Gasteiger partial charge on any atom is -0.347 e. The molecule has 64 valence electrons. The van der Waals surface area contributed by atoms with E-state index in [0.29, 0.717) is 4.88 Å². The van der Waals surface area contributed by atoms with Crippen molar-refractivity contribution in [2.24, 2.45) is 5.73 Å². The third-order valence-corrected chi connectivity index (χ3v) is 2.40. The van der Waals surface area contributed by atoms with E-state index in [1.807, 2.05) is 0 Å². The summed E-state index contributed by atoms with van der Waals surface area (Å²) in [6, 6.07) is 0.287. The van der Waals surface area contributed by atoms with Crippen LogP contribution in [0.15, 0.2) is 6.20 Å². The zero-order valence-corrected chi connectivity index (χ0v) is 7.04. The summed E-state index contributed by atoms with van der Waals surface area (Å²) in [5.74, 6) is -0.122.